The van der Waals surface area contributed by atoms with Crippen LogP contribution in [0.5, 0.6) is 0 Å². The normalized spacial score (nSPS) is 20.9. The minimum absolute atomic E-state index is 0.266. The minimum atomic E-state index is -1.98. The molecule has 0 unspecified atom stereocenters. The fourth-order valence-electron chi connectivity index (χ4n) is 4.30. The van der Waals surface area contributed by atoms with Crippen LogP contribution < -0.4 is 0 Å². The zero-order chi connectivity index (χ0) is 21.6. The average Bonchev–Trinajstić information content (AvgIpc) is 3.24. The molecule has 5 heteroatoms. The minimum Gasteiger partial charge on any atom is -0.314 e. The van der Waals surface area contributed by atoms with Gasteiger partial charge in [-0.3, -0.25) is 19.6 Å². The number of fused-ring (bicyclic) bond motifs is 2. The molecule has 3 aliphatic heterocycles. The van der Waals surface area contributed by atoms with Gasteiger partial charge >= 0.3 is 0 Å². The summed E-state index contributed by atoms with van der Waals surface area (Å²) in [5.41, 5.74) is 4.24. The number of rotatable bonds is 4. The van der Waals surface area contributed by atoms with E-state index in [1.54, 1.807) is 6.07 Å². The third-order valence-electron chi connectivity index (χ3n) is 5.83. The molecule has 0 N–H and O–H groups in total. The summed E-state index contributed by atoms with van der Waals surface area (Å²) in [6, 6.07) is 17.6. The van der Waals surface area contributed by atoms with Crippen LogP contribution in [0, 0.1) is 6.92 Å². The van der Waals surface area contributed by atoms with Gasteiger partial charge in [-0.15, -0.1) is 0 Å². The summed E-state index contributed by atoms with van der Waals surface area (Å²) in [7, 11) is 0. The second-order valence-corrected chi connectivity index (χ2v) is 7.77. The smallest absolute Gasteiger partial charge is 0.259 e. The number of amides is 1. The first-order chi connectivity index (χ1) is 15.0. The molecule has 0 radical (unpaired) electrons. The van der Waals surface area contributed by atoms with E-state index in [-0.39, 0.29) is 5.91 Å². The molecule has 0 fully saturated rings. The Labute approximate surface area is 174 Å². The van der Waals surface area contributed by atoms with Crippen molar-refractivity contribution in [2.45, 2.75) is 26.4 Å². The highest BCUT2D eigenvalue weighted by molar-refractivity contribution is 6.09. The summed E-state index contributed by atoms with van der Waals surface area (Å²) >= 11 is 0. The molecule has 3 aliphatic rings. The van der Waals surface area contributed by atoms with E-state index in [2.05, 4.69) is 26.9 Å². The number of nitrogens with zero attached hydrogens (tertiary/aromatic N) is 4. The summed E-state index contributed by atoms with van der Waals surface area (Å²) in [6.45, 7) is 3.33. The quantitative estimate of drug-likeness (QED) is 0.808. The monoisotopic (exact) mass is 388 g/mol. The highest BCUT2D eigenvalue weighted by Gasteiger charge is 2.40. The van der Waals surface area contributed by atoms with Crippen LogP contribution in [0.3, 0.4) is 0 Å². The summed E-state index contributed by atoms with van der Waals surface area (Å²) in [6.07, 6.45) is 0.772. The zero-order valence-corrected chi connectivity index (χ0v) is 16.6. The molecule has 2 aromatic rings. The average molecular weight is 389 g/mol. The lowest BCUT2D eigenvalue weighted by Gasteiger charge is -2.42. The maximum atomic E-state index is 13.7. The molecule has 2 aromatic carbocycles. The molecule has 0 aromatic heterocycles. The van der Waals surface area contributed by atoms with Crippen LogP contribution in [-0.4, -0.2) is 52.7 Å². The first kappa shape index (κ1) is 15.9. The maximum absolute atomic E-state index is 13.7. The van der Waals surface area contributed by atoms with Gasteiger partial charge in [0.25, 0.3) is 5.91 Å². The van der Waals surface area contributed by atoms with E-state index < -0.39 is 6.50 Å². The lowest BCUT2D eigenvalue weighted by atomic mass is 9.99. The van der Waals surface area contributed by atoms with Gasteiger partial charge in [-0.1, -0.05) is 54.6 Å². The van der Waals surface area contributed by atoms with Crippen molar-refractivity contribution in [2.24, 2.45) is 4.99 Å². The number of hydrogen-bond donors (Lipinski definition) is 0. The molecule has 148 valence electrons. The van der Waals surface area contributed by atoms with Gasteiger partial charge in [-0.05, 0) is 23.6 Å². The Bertz CT molecular complexity index is 1080. The number of hydrogen-bond acceptors (Lipinski definition) is 4. The molecule has 0 atom stereocenters. The van der Waals surface area contributed by atoms with E-state index in [4.69, 9.17) is 2.74 Å². The van der Waals surface area contributed by atoms with Gasteiger partial charge in [-0.25, -0.2) is 0 Å². The van der Waals surface area contributed by atoms with Gasteiger partial charge in [0, 0.05) is 38.3 Å². The van der Waals surface area contributed by atoms with Gasteiger partial charge in [0.2, 0.25) is 5.96 Å². The molecule has 5 rings (SSSR count). The lowest BCUT2D eigenvalue weighted by molar-refractivity contribution is -0.125. The second-order valence-electron chi connectivity index (χ2n) is 7.77. The summed E-state index contributed by atoms with van der Waals surface area (Å²) in [4.78, 5) is 23.9. The number of carbonyl (C=O) groups is 1. The maximum Gasteiger partial charge on any atom is 0.259 e. The third kappa shape index (κ3) is 3.36. The standard InChI is InChI=1S/C24H26N4O/c1-18-7-5-6-10-20(18)16-28-23(29)21-17-26(15-19-8-3-2-4-9-19)13-11-22(21)27-14-12-25-24(27)28/h2-10H,11-17H2,1H3/i16D2. The molecule has 1 amide bonds. The molecule has 0 aliphatic carbocycles. The van der Waals surface area contributed by atoms with Crippen LogP contribution in [0.2, 0.25) is 0 Å². The molecule has 0 saturated heterocycles. The highest BCUT2D eigenvalue weighted by atomic mass is 16.2. The fraction of sp³-hybridized carbons (Fsp3) is 0.333. The van der Waals surface area contributed by atoms with Crippen LogP contribution in [0.1, 0.15) is 25.9 Å². The molecule has 0 spiro atoms. The summed E-state index contributed by atoms with van der Waals surface area (Å²) < 4.78 is 17.9. The Morgan fingerprint density at radius 2 is 1.86 bits per heavy atom. The van der Waals surface area contributed by atoms with Gasteiger partial charge < -0.3 is 4.90 Å². The predicted octanol–water partition coefficient (Wildman–Crippen LogP) is 3.17. The first-order valence-electron chi connectivity index (χ1n) is 11.2. The summed E-state index contributed by atoms with van der Waals surface area (Å²) in [5, 5.41) is 0. The molecular formula is C24H26N4O. The fourth-order valence-corrected chi connectivity index (χ4v) is 4.30. The van der Waals surface area contributed by atoms with Crippen molar-refractivity contribution in [1.82, 2.24) is 14.7 Å². The Morgan fingerprint density at radius 1 is 1.07 bits per heavy atom. The number of benzene rings is 2. The van der Waals surface area contributed by atoms with Crippen molar-refractivity contribution in [3.05, 3.63) is 82.6 Å². The van der Waals surface area contributed by atoms with Crippen LogP contribution in [0.15, 0.2) is 70.9 Å². The Hall–Kier alpha value is -2.92. The molecular weight excluding hydrogens is 360 g/mol. The third-order valence-corrected chi connectivity index (χ3v) is 5.83. The first-order valence-corrected chi connectivity index (χ1v) is 10.2. The van der Waals surface area contributed by atoms with Gasteiger partial charge in [0.15, 0.2) is 0 Å². The lowest BCUT2D eigenvalue weighted by Crippen LogP contribution is -2.53. The van der Waals surface area contributed by atoms with E-state index in [0.29, 0.717) is 36.7 Å². The van der Waals surface area contributed by atoms with E-state index in [1.165, 1.54) is 10.5 Å². The van der Waals surface area contributed by atoms with Crippen molar-refractivity contribution in [2.75, 3.05) is 26.2 Å². The molecule has 3 heterocycles. The number of carbonyl (C=O) groups excluding carboxylic acids is 1. The highest BCUT2D eigenvalue weighted by Crippen LogP contribution is 2.32. The zero-order valence-electron chi connectivity index (χ0n) is 18.6. The molecule has 29 heavy (non-hydrogen) atoms. The van der Waals surface area contributed by atoms with Gasteiger partial charge in [-0.2, -0.15) is 0 Å². The SMILES string of the molecule is [2H]C([2H])(c1ccccc1C)N1C(=O)C2=C(CCN(Cc3ccccc3)C2)N2CCN=C21. The Kier molecular flexibility index (Phi) is 4.11. The van der Waals surface area contributed by atoms with Crippen LogP contribution in [0.4, 0.5) is 0 Å². The van der Waals surface area contributed by atoms with Crippen molar-refractivity contribution in [3.8, 4) is 0 Å². The Morgan fingerprint density at radius 3 is 2.69 bits per heavy atom. The van der Waals surface area contributed by atoms with E-state index in [9.17, 15) is 4.79 Å². The van der Waals surface area contributed by atoms with Crippen molar-refractivity contribution in [1.29, 1.82) is 0 Å². The molecule has 5 nitrogen and oxygen atoms in total. The van der Waals surface area contributed by atoms with E-state index in [1.807, 2.05) is 43.3 Å². The van der Waals surface area contributed by atoms with Gasteiger partial charge in [0.05, 0.1) is 21.4 Å². The van der Waals surface area contributed by atoms with Crippen molar-refractivity contribution >= 4 is 11.9 Å². The molecule has 0 saturated carbocycles. The molecule has 0 bridgehead atoms. The van der Waals surface area contributed by atoms with Gasteiger partial charge in [0.1, 0.15) is 0 Å². The number of aliphatic imine (C=N–C) groups is 1. The summed E-state index contributed by atoms with van der Waals surface area (Å²) in [5.74, 6) is 0.187. The number of guanidine groups is 1. The van der Waals surface area contributed by atoms with Crippen molar-refractivity contribution in [3.63, 3.8) is 0 Å². The van der Waals surface area contributed by atoms with Crippen LogP contribution in [-0.2, 0) is 17.8 Å². The van der Waals surface area contributed by atoms with Crippen LogP contribution in [0.25, 0.3) is 0 Å². The van der Waals surface area contributed by atoms with Crippen LogP contribution >= 0.6 is 0 Å². The topological polar surface area (TPSA) is 39.2 Å². The largest absolute Gasteiger partial charge is 0.314 e. The Balaban J connectivity index is 1.50. The predicted molar refractivity (Wildman–Crippen MR) is 114 cm³/mol. The second kappa shape index (κ2) is 7.48. The van der Waals surface area contributed by atoms with E-state index in [0.717, 1.165) is 30.8 Å². The van der Waals surface area contributed by atoms with Crippen molar-refractivity contribution < 1.29 is 7.54 Å². The number of aryl methyl sites for hydroxylation is 1. The van der Waals surface area contributed by atoms with E-state index >= 15 is 0 Å².